The number of nitrogens with zero attached hydrogens (tertiary/aromatic N) is 11. The van der Waals surface area contributed by atoms with Crippen molar-refractivity contribution in [3.63, 3.8) is 0 Å². The van der Waals surface area contributed by atoms with E-state index < -0.39 is 24.1 Å². The number of imide groups is 1. The van der Waals surface area contributed by atoms with Crippen LogP contribution >= 0.6 is 0 Å². The Bertz CT molecular complexity index is 2750. The summed E-state index contributed by atoms with van der Waals surface area (Å²) in [5.74, 6) is 1.34. The Morgan fingerprint density at radius 3 is 2.57 bits per heavy atom. The van der Waals surface area contributed by atoms with Gasteiger partial charge >= 0.3 is 0 Å². The van der Waals surface area contributed by atoms with Gasteiger partial charge in [0.15, 0.2) is 11.3 Å². The van der Waals surface area contributed by atoms with Crippen molar-refractivity contribution in [2.45, 2.75) is 89.3 Å². The molecule has 3 unspecified atom stereocenters. The van der Waals surface area contributed by atoms with E-state index in [1.807, 2.05) is 31.3 Å². The molecule has 6 aromatic rings. The van der Waals surface area contributed by atoms with E-state index in [4.69, 9.17) is 19.9 Å². The summed E-state index contributed by atoms with van der Waals surface area (Å²) in [5.41, 5.74) is 3.88. The molecule has 5 aliphatic rings. The summed E-state index contributed by atoms with van der Waals surface area (Å²) in [6.07, 6.45) is 13.4. The van der Waals surface area contributed by atoms with Gasteiger partial charge in [0.2, 0.25) is 5.91 Å². The van der Waals surface area contributed by atoms with Crippen LogP contribution in [0, 0.1) is 24.7 Å². The van der Waals surface area contributed by atoms with Gasteiger partial charge in [-0.2, -0.15) is 20.4 Å². The van der Waals surface area contributed by atoms with Crippen LogP contribution in [0.25, 0.3) is 27.7 Å². The molecule has 1 aromatic carbocycles. The largest absolute Gasteiger partial charge is 0.380 e. The second-order valence-electron chi connectivity index (χ2n) is 18.7. The predicted octanol–water partition coefficient (Wildman–Crippen LogP) is 6.16. The van der Waals surface area contributed by atoms with E-state index in [9.17, 15) is 23.2 Å². The summed E-state index contributed by atoms with van der Waals surface area (Å²) < 4.78 is 41.4. The third-order valence-electron chi connectivity index (χ3n) is 14.6. The van der Waals surface area contributed by atoms with Crippen LogP contribution in [-0.4, -0.2) is 112 Å². The summed E-state index contributed by atoms with van der Waals surface area (Å²) >= 11 is 0. The number of carbonyl (C=O) groups excluding carboxylic acids is 3. The maximum absolute atomic E-state index is 14.4. The summed E-state index contributed by atoms with van der Waals surface area (Å²) in [6, 6.07) is 7.69. The number of anilines is 2. The Labute approximate surface area is 373 Å². The van der Waals surface area contributed by atoms with Gasteiger partial charge < -0.3 is 19.9 Å². The van der Waals surface area contributed by atoms with Crippen LogP contribution < -0.4 is 15.5 Å². The minimum Gasteiger partial charge on any atom is -0.380 e. The molecule has 3 aliphatic heterocycles. The quantitative estimate of drug-likeness (QED) is 0.151. The molecule has 2 N–H and O–H groups in total. The maximum Gasteiger partial charge on any atom is 0.284 e. The highest BCUT2D eigenvalue weighted by molar-refractivity contribution is 6.08. The van der Waals surface area contributed by atoms with Crippen molar-refractivity contribution in [1.82, 2.24) is 54.2 Å². The number of aryl methyl sites for hydroxylation is 1. The number of fused-ring (bicyclic) bond motifs is 3. The average Bonchev–Trinajstić information content (AvgIpc) is 4.16. The van der Waals surface area contributed by atoms with E-state index >= 15 is 0 Å². The normalized spacial score (nSPS) is 25.4. The van der Waals surface area contributed by atoms with Crippen molar-refractivity contribution in [3.05, 3.63) is 72.2 Å². The smallest absolute Gasteiger partial charge is 0.284 e. The van der Waals surface area contributed by atoms with Crippen molar-refractivity contribution in [1.29, 1.82) is 0 Å². The minimum absolute atomic E-state index is 0.00652. The summed E-state index contributed by atoms with van der Waals surface area (Å²) in [7, 11) is 0. The second kappa shape index (κ2) is 17.0. The molecule has 0 radical (unpaired) electrons. The molecule has 3 atom stereocenters. The number of likely N-dealkylation sites (tertiary alicyclic amines) is 1. The molecule has 5 aromatic heterocycles. The van der Waals surface area contributed by atoms with E-state index in [1.54, 1.807) is 21.8 Å². The number of benzene rings is 1. The number of hydrogen-bond donors (Lipinski definition) is 2. The lowest BCUT2D eigenvalue weighted by atomic mass is 9.85. The number of halogens is 2. The fraction of sp³-hybridized carbons (Fsp3) is 0.522. The molecule has 0 bridgehead atoms. The molecule has 3 saturated heterocycles. The molecule has 2 aliphatic carbocycles. The third-order valence-corrected chi connectivity index (χ3v) is 14.6. The fourth-order valence-electron chi connectivity index (χ4n) is 11.3. The molecule has 2 saturated carbocycles. The molecular formula is C46H53F2N13O4. The van der Waals surface area contributed by atoms with Gasteiger partial charge in [0.05, 0.1) is 48.0 Å². The Morgan fingerprint density at radius 1 is 0.938 bits per heavy atom. The number of alkyl halides is 2. The highest BCUT2D eigenvalue weighted by Gasteiger charge is 2.42. The van der Waals surface area contributed by atoms with Crippen LogP contribution in [0.4, 0.5) is 20.3 Å². The zero-order valence-electron chi connectivity index (χ0n) is 36.4. The van der Waals surface area contributed by atoms with Gasteiger partial charge in [0.1, 0.15) is 17.4 Å². The number of amides is 3. The van der Waals surface area contributed by atoms with Crippen LogP contribution in [0.5, 0.6) is 0 Å². The molecule has 17 nitrogen and oxygen atoms in total. The highest BCUT2D eigenvalue weighted by Crippen LogP contribution is 2.45. The lowest BCUT2D eigenvalue weighted by molar-refractivity contribution is -0.135. The number of nitrogens with one attached hydrogen (secondary N) is 2. The van der Waals surface area contributed by atoms with E-state index in [0.29, 0.717) is 67.9 Å². The number of piperidine rings is 1. The van der Waals surface area contributed by atoms with E-state index in [1.165, 1.54) is 10.7 Å². The van der Waals surface area contributed by atoms with E-state index in [-0.39, 0.29) is 29.1 Å². The third kappa shape index (κ3) is 7.95. The van der Waals surface area contributed by atoms with E-state index in [2.05, 4.69) is 47.6 Å². The van der Waals surface area contributed by atoms with Crippen molar-refractivity contribution in [2.24, 2.45) is 17.8 Å². The monoisotopic (exact) mass is 889 g/mol. The van der Waals surface area contributed by atoms with Gasteiger partial charge in [-0.1, -0.05) is 12.1 Å². The van der Waals surface area contributed by atoms with Gasteiger partial charge in [-0.05, 0) is 93.7 Å². The van der Waals surface area contributed by atoms with Crippen LogP contribution in [0.2, 0.25) is 0 Å². The van der Waals surface area contributed by atoms with Gasteiger partial charge in [-0.3, -0.25) is 33.7 Å². The fourth-order valence-corrected chi connectivity index (χ4v) is 11.3. The first-order valence-electron chi connectivity index (χ1n) is 23.1. The maximum atomic E-state index is 14.4. The molecule has 340 valence electrons. The number of aromatic nitrogens is 9. The average molecular weight is 890 g/mol. The summed E-state index contributed by atoms with van der Waals surface area (Å²) in [4.78, 5) is 47.6. The topological polar surface area (TPSA) is 175 Å². The first-order valence-corrected chi connectivity index (χ1v) is 23.1. The molecule has 0 spiro atoms. The number of carbonyl (C=O) groups is 3. The lowest BCUT2D eigenvalue weighted by Gasteiger charge is -2.31. The Balaban J connectivity index is 0.688. The lowest BCUT2D eigenvalue weighted by Crippen LogP contribution is -2.42. The first-order chi connectivity index (χ1) is 31.6. The summed E-state index contributed by atoms with van der Waals surface area (Å²) in [5, 5.41) is 24.4. The van der Waals surface area contributed by atoms with Crippen molar-refractivity contribution in [2.75, 3.05) is 56.2 Å². The van der Waals surface area contributed by atoms with Crippen LogP contribution in [0.1, 0.15) is 104 Å². The van der Waals surface area contributed by atoms with E-state index in [0.717, 1.165) is 98.8 Å². The van der Waals surface area contributed by atoms with Crippen molar-refractivity contribution < 1.29 is 27.9 Å². The molecular weight excluding hydrogens is 837 g/mol. The van der Waals surface area contributed by atoms with Crippen LogP contribution in [-0.2, 0) is 14.3 Å². The number of hydrogen-bond acceptors (Lipinski definition) is 11. The minimum atomic E-state index is -2.85. The second-order valence-corrected chi connectivity index (χ2v) is 18.7. The van der Waals surface area contributed by atoms with Crippen LogP contribution in [0.15, 0.2) is 55.2 Å². The highest BCUT2D eigenvalue weighted by atomic mass is 19.3. The van der Waals surface area contributed by atoms with Gasteiger partial charge in [-0.15, -0.1) is 0 Å². The zero-order chi connectivity index (χ0) is 44.3. The van der Waals surface area contributed by atoms with Crippen LogP contribution in [0.3, 0.4) is 0 Å². The molecule has 65 heavy (non-hydrogen) atoms. The van der Waals surface area contributed by atoms with Gasteiger partial charge in [0.25, 0.3) is 18.2 Å². The molecule has 19 heteroatoms. The Kier molecular flexibility index (Phi) is 10.9. The standard InChI is InChI=1S/C46H53F2N13O4/c1-27-41-34(4-2-5-37(41)61(54-27)38-10-11-40(62)53-46(38)64)31-20-49-59(25-31)33-18-29-23-56(24-30(29)19-33)22-28-6-8-32(9-7-28)60-26-36(42(55-60)43(47)48)51-45(63)35-21-50-58-14-12-39(52-44(35)58)57-13-3-16-65-17-15-57/h2,4-5,12,14,20-21,25-26,28-30,32-33,38,43H,3,6-11,13,15-19,22-24H2,1H3,(H,51,63)(H,53,62,64). The Morgan fingerprint density at radius 2 is 1.77 bits per heavy atom. The SMILES string of the molecule is Cc1nn(C2CCC(=O)NC2=O)c2cccc(-c3cnn(C4CC5CN(CC6CCC(n7cc(NC(=O)c8cnn9ccc(N%10CCCOCC%10)nc89)c(C(F)F)n7)CC6)CC5C4)c3)c12. The van der Waals surface area contributed by atoms with Gasteiger partial charge in [-0.25, -0.2) is 18.3 Å². The first kappa shape index (κ1) is 41.6. The summed E-state index contributed by atoms with van der Waals surface area (Å²) in [6.45, 7) is 7.88. The number of rotatable bonds is 10. The molecule has 11 rings (SSSR count). The predicted molar refractivity (Wildman–Crippen MR) is 236 cm³/mol. The van der Waals surface area contributed by atoms with Crippen molar-refractivity contribution >= 4 is 45.8 Å². The molecule has 5 fully saturated rings. The zero-order valence-corrected chi connectivity index (χ0v) is 36.4. The Hall–Kier alpha value is -6.08. The molecule has 8 heterocycles. The van der Waals surface area contributed by atoms with Crippen molar-refractivity contribution in [3.8, 4) is 11.1 Å². The van der Waals surface area contributed by atoms with Gasteiger partial charge in [0, 0.05) is 75.3 Å². The molecule has 3 amide bonds. The number of ether oxygens (including phenoxy) is 1.